The van der Waals surface area contributed by atoms with Crippen LogP contribution in [0.4, 0.5) is 5.69 Å². The standard InChI is InChI=1S/C22H22ClNO4/c1-3-5-14-10-20(25)28-21-17(14)11-19(23)22-18(21)12-24(13-27-22)15-6-8-16(9-7-15)26-4-2/h6-11H,3-5,12-13H2,1-2H3. The molecule has 146 valence electrons. The van der Waals surface area contributed by atoms with Gasteiger partial charge in [0.1, 0.15) is 17.1 Å². The highest BCUT2D eigenvalue weighted by Crippen LogP contribution is 2.40. The van der Waals surface area contributed by atoms with Crippen LogP contribution in [0.25, 0.3) is 11.0 Å². The third-order valence-corrected chi connectivity index (χ3v) is 5.15. The van der Waals surface area contributed by atoms with E-state index < -0.39 is 0 Å². The second kappa shape index (κ2) is 7.76. The number of hydrogen-bond acceptors (Lipinski definition) is 5. The fourth-order valence-electron chi connectivity index (χ4n) is 3.61. The number of halogens is 1. The van der Waals surface area contributed by atoms with Gasteiger partial charge in [0.05, 0.1) is 23.7 Å². The maximum Gasteiger partial charge on any atom is 0.336 e. The molecule has 0 fully saturated rings. The summed E-state index contributed by atoms with van der Waals surface area (Å²) in [5.74, 6) is 1.42. The monoisotopic (exact) mass is 399 g/mol. The zero-order valence-electron chi connectivity index (χ0n) is 16.0. The Morgan fingerprint density at radius 2 is 1.96 bits per heavy atom. The Labute approximate surface area is 168 Å². The van der Waals surface area contributed by atoms with Crippen molar-refractivity contribution in [1.82, 2.24) is 0 Å². The van der Waals surface area contributed by atoms with E-state index in [-0.39, 0.29) is 5.63 Å². The maximum atomic E-state index is 12.1. The SMILES string of the molecule is CCCc1cc(=O)oc2c3c(c(Cl)cc12)OCN(c1ccc(OCC)cc1)C3. The van der Waals surface area contributed by atoms with E-state index in [0.29, 0.717) is 36.2 Å². The Morgan fingerprint density at radius 1 is 1.18 bits per heavy atom. The minimum absolute atomic E-state index is 0.348. The Kier molecular flexibility index (Phi) is 5.18. The number of rotatable bonds is 5. The number of hydrogen-bond donors (Lipinski definition) is 0. The van der Waals surface area contributed by atoms with E-state index in [1.807, 2.05) is 37.3 Å². The first-order valence-electron chi connectivity index (χ1n) is 9.49. The van der Waals surface area contributed by atoms with Crippen LogP contribution in [0.3, 0.4) is 0 Å². The van der Waals surface area contributed by atoms with E-state index in [1.165, 1.54) is 0 Å². The Balaban J connectivity index is 1.77. The topological polar surface area (TPSA) is 51.9 Å². The third-order valence-electron chi connectivity index (χ3n) is 4.87. The van der Waals surface area contributed by atoms with Crippen molar-refractivity contribution < 1.29 is 13.9 Å². The van der Waals surface area contributed by atoms with E-state index in [0.717, 1.165) is 40.8 Å². The summed E-state index contributed by atoms with van der Waals surface area (Å²) in [7, 11) is 0. The molecule has 0 bridgehead atoms. The number of benzene rings is 2. The molecule has 0 saturated heterocycles. The van der Waals surface area contributed by atoms with Crippen molar-refractivity contribution >= 4 is 28.3 Å². The molecule has 5 nitrogen and oxygen atoms in total. The summed E-state index contributed by atoms with van der Waals surface area (Å²) in [6, 6.07) is 11.3. The van der Waals surface area contributed by atoms with Gasteiger partial charge in [-0.1, -0.05) is 24.9 Å². The number of aryl methyl sites for hydroxylation is 1. The van der Waals surface area contributed by atoms with Crippen molar-refractivity contribution in [3.63, 3.8) is 0 Å². The predicted octanol–water partition coefficient (Wildman–Crippen LogP) is 5.15. The van der Waals surface area contributed by atoms with Crippen molar-refractivity contribution in [1.29, 1.82) is 0 Å². The zero-order chi connectivity index (χ0) is 19.7. The first-order valence-corrected chi connectivity index (χ1v) is 9.87. The lowest BCUT2D eigenvalue weighted by Gasteiger charge is -2.31. The maximum absolute atomic E-state index is 12.1. The first kappa shape index (κ1) is 18.7. The lowest BCUT2D eigenvalue weighted by atomic mass is 10.0. The van der Waals surface area contributed by atoms with Crippen LogP contribution in [-0.2, 0) is 13.0 Å². The quantitative estimate of drug-likeness (QED) is 0.555. The molecule has 0 saturated carbocycles. The summed E-state index contributed by atoms with van der Waals surface area (Å²) in [6.45, 7) is 5.57. The average molecular weight is 400 g/mol. The molecular weight excluding hydrogens is 378 g/mol. The molecule has 4 rings (SSSR count). The molecule has 0 aliphatic carbocycles. The minimum atomic E-state index is -0.348. The largest absolute Gasteiger partial charge is 0.494 e. The Bertz CT molecular complexity index is 1060. The van der Waals surface area contributed by atoms with Gasteiger partial charge in [0.15, 0.2) is 6.73 Å². The van der Waals surface area contributed by atoms with Gasteiger partial charge in [0.25, 0.3) is 0 Å². The molecule has 2 aromatic carbocycles. The molecule has 1 aliphatic heterocycles. The molecular formula is C22H22ClNO4. The molecule has 2 heterocycles. The molecule has 1 aromatic heterocycles. The fraction of sp³-hybridized carbons (Fsp3) is 0.318. The van der Waals surface area contributed by atoms with E-state index >= 15 is 0 Å². The van der Waals surface area contributed by atoms with Crippen LogP contribution in [0.2, 0.25) is 5.02 Å². The number of anilines is 1. The molecule has 0 spiro atoms. The fourth-order valence-corrected chi connectivity index (χ4v) is 3.89. The third kappa shape index (κ3) is 3.42. The lowest BCUT2D eigenvalue weighted by Crippen LogP contribution is -2.32. The summed E-state index contributed by atoms with van der Waals surface area (Å²) in [6.07, 6.45) is 1.72. The van der Waals surface area contributed by atoms with Gasteiger partial charge in [0.2, 0.25) is 0 Å². The number of fused-ring (bicyclic) bond motifs is 3. The van der Waals surface area contributed by atoms with E-state index in [4.69, 9.17) is 25.5 Å². The van der Waals surface area contributed by atoms with Gasteiger partial charge < -0.3 is 18.8 Å². The van der Waals surface area contributed by atoms with Crippen molar-refractivity contribution in [2.45, 2.75) is 33.2 Å². The summed E-state index contributed by atoms with van der Waals surface area (Å²) >= 11 is 6.50. The van der Waals surface area contributed by atoms with Crippen LogP contribution < -0.4 is 20.0 Å². The van der Waals surface area contributed by atoms with Gasteiger partial charge in [-0.25, -0.2) is 4.79 Å². The molecule has 0 N–H and O–H groups in total. The smallest absolute Gasteiger partial charge is 0.336 e. The zero-order valence-corrected chi connectivity index (χ0v) is 16.7. The molecule has 0 amide bonds. The molecule has 6 heteroatoms. The Morgan fingerprint density at radius 3 is 2.68 bits per heavy atom. The highest BCUT2D eigenvalue weighted by molar-refractivity contribution is 6.33. The van der Waals surface area contributed by atoms with E-state index in [9.17, 15) is 4.79 Å². The van der Waals surface area contributed by atoms with Crippen LogP contribution in [-0.4, -0.2) is 13.3 Å². The van der Waals surface area contributed by atoms with Gasteiger partial charge in [-0.05, 0) is 49.2 Å². The molecule has 3 aromatic rings. The second-order valence-corrected chi connectivity index (χ2v) is 7.19. The van der Waals surface area contributed by atoms with Crippen LogP contribution >= 0.6 is 11.6 Å². The van der Waals surface area contributed by atoms with E-state index in [1.54, 1.807) is 6.07 Å². The van der Waals surface area contributed by atoms with Crippen molar-refractivity contribution in [3.8, 4) is 11.5 Å². The number of nitrogens with zero attached hydrogens (tertiary/aromatic N) is 1. The summed E-state index contributed by atoms with van der Waals surface area (Å²) < 4.78 is 17.1. The van der Waals surface area contributed by atoms with Gasteiger partial charge >= 0.3 is 5.63 Å². The van der Waals surface area contributed by atoms with Gasteiger partial charge in [-0.2, -0.15) is 0 Å². The van der Waals surface area contributed by atoms with Gasteiger partial charge in [-0.3, -0.25) is 0 Å². The predicted molar refractivity (Wildman–Crippen MR) is 111 cm³/mol. The summed E-state index contributed by atoms with van der Waals surface area (Å²) in [4.78, 5) is 14.2. The second-order valence-electron chi connectivity index (χ2n) is 6.78. The van der Waals surface area contributed by atoms with Crippen LogP contribution in [0.5, 0.6) is 11.5 Å². The van der Waals surface area contributed by atoms with Crippen molar-refractivity contribution in [3.05, 3.63) is 63.0 Å². The van der Waals surface area contributed by atoms with Crippen molar-refractivity contribution in [2.75, 3.05) is 18.2 Å². The van der Waals surface area contributed by atoms with Gasteiger partial charge in [0, 0.05) is 17.1 Å². The molecule has 0 atom stereocenters. The highest BCUT2D eigenvalue weighted by Gasteiger charge is 2.25. The van der Waals surface area contributed by atoms with Crippen LogP contribution in [0.15, 0.2) is 45.6 Å². The highest BCUT2D eigenvalue weighted by atomic mass is 35.5. The molecule has 0 radical (unpaired) electrons. The van der Waals surface area contributed by atoms with Crippen LogP contribution in [0, 0.1) is 0 Å². The lowest BCUT2D eigenvalue weighted by molar-refractivity contribution is 0.289. The molecule has 28 heavy (non-hydrogen) atoms. The van der Waals surface area contributed by atoms with E-state index in [2.05, 4.69) is 11.8 Å². The van der Waals surface area contributed by atoms with Crippen LogP contribution in [0.1, 0.15) is 31.4 Å². The molecule has 0 unspecified atom stereocenters. The normalized spacial score (nSPS) is 13.3. The average Bonchev–Trinajstić information content (AvgIpc) is 2.70. The Hall–Kier alpha value is -2.66. The number of ether oxygens (including phenoxy) is 2. The summed E-state index contributed by atoms with van der Waals surface area (Å²) in [5, 5.41) is 1.42. The molecule has 1 aliphatic rings. The first-order chi connectivity index (χ1) is 13.6. The van der Waals surface area contributed by atoms with Crippen molar-refractivity contribution in [2.24, 2.45) is 0 Å². The van der Waals surface area contributed by atoms with Gasteiger partial charge in [-0.15, -0.1) is 0 Å². The minimum Gasteiger partial charge on any atom is -0.494 e. The summed E-state index contributed by atoms with van der Waals surface area (Å²) in [5.41, 5.74) is 2.97.